The van der Waals surface area contributed by atoms with Crippen LogP contribution < -0.4 is 16.0 Å². The van der Waals surface area contributed by atoms with Crippen molar-refractivity contribution >= 4 is 34.7 Å². The van der Waals surface area contributed by atoms with Crippen LogP contribution in [0.15, 0.2) is 60.4 Å². The minimum atomic E-state index is -0.579. The van der Waals surface area contributed by atoms with Crippen LogP contribution in [-0.4, -0.2) is 40.7 Å². The number of benzene rings is 2. The zero-order valence-corrected chi connectivity index (χ0v) is 21.9. The molecule has 9 heteroatoms. The molecule has 0 saturated carbocycles. The van der Waals surface area contributed by atoms with Gasteiger partial charge in [0.25, 0.3) is 11.8 Å². The lowest BCUT2D eigenvalue weighted by molar-refractivity contribution is -0.124. The Morgan fingerprint density at radius 1 is 1.05 bits per heavy atom. The second-order valence-corrected chi connectivity index (χ2v) is 10.4. The van der Waals surface area contributed by atoms with Gasteiger partial charge in [0.2, 0.25) is 5.91 Å². The number of allylic oxidation sites excluding steroid dienone is 1. The van der Waals surface area contributed by atoms with Crippen molar-refractivity contribution in [3.05, 3.63) is 82.8 Å². The number of nitrogens with zero attached hydrogens (tertiary/aromatic N) is 2. The largest absolute Gasteiger partial charge is 0.381 e. The van der Waals surface area contributed by atoms with Gasteiger partial charge in [-0.15, -0.1) is 0 Å². The number of ether oxygens (including phenoxy) is 1. The van der Waals surface area contributed by atoms with Crippen LogP contribution in [0.1, 0.15) is 59.3 Å². The van der Waals surface area contributed by atoms with Crippen molar-refractivity contribution in [2.24, 2.45) is 7.05 Å². The normalized spacial score (nSPS) is 18.9. The fourth-order valence-electron chi connectivity index (χ4n) is 6.00. The number of carbonyl (C=O) groups excluding carboxylic acids is 3. The molecule has 1 saturated heterocycles. The maximum absolute atomic E-state index is 13.9. The van der Waals surface area contributed by atoms with E-state index in [1.165, 1.54) is 4.68 Å². The Kier molecular flexibility index (Phi) is 6.52. The first kappa shape index (κ1) is 25.1. The highest BCUT2D eigenvalue weighted by Crippen LogP contribution is 2.45. The summed E-state index contributed by atoms with van der Waals surface area (Å²) in [5.41, 5.74) is 5.13. The molecule has 6 rings (SSSR count). The van der Waals surface area contributed by atoms with Crippen LogP contribution >= 0.6 is 0 Å². The predicted octanol–water partition coefficient (Wildman–Crippen LogP) is 3.93. The minimum Gasteiger partial charge on any atom is -0.381 e. The Balaban J connectivity index is 1.35. The summed E-state index contributed by atoms with van der Waals surface area (Å²) in [6.45, 7) is 1.08. The van der Waals surface area contributed by atoms with E-state index < -0.39 is 17.2 Å². The van der Waals surface area contributed by atoms with E-state index in [2.05, 4.69) is 27.1 Å². The fourth-order valence-corrected chi connectivity index (χ4v) is 6.00. The number of amides is 3. The zero-order valence-electron chi connectivity index (χ0n) is 21.9. The third kappa shape index (κ3) is 4.52. The number of aryl methyl sites for hydroxylation is 2. The highest BCUT2D eigenvalue weighted by Gasteiger charge is 2.47. The van der Waals surface area contributed by atoms with E-state index in [0.29, 0.717) is 49.5 Å². The third-order valence-corrected chi connectivity index (χ3v) is 8.11. The van der Waals surface area contributed by atoms with Crippen molar-refractivity contribution in [1.82, 2.24) is 15.1 Å². The maximum Gasteiger partial charge on any atom is 0.274 e. The molecule has 1 aromatic heterocycles. The van der Waals surface area contributed by atoms with Gasteiger partial charge in [-0.1, -0.05) is 30.3 Å². The number of hydrogen-bond acceptors (Lipinski definition) is 5. The van der Waals surface area contributed by atoms with Gasteiger partial charge in [0.1, 0.15) is 11.4 Å². The number of hydrogen-bond donors (Lipinski definition) is 3. The summed E-state index contributed by atoms with van der Waals surface area (Å²) >= 11 is 0. The van der Waals surface area contributed by atoms with Gasteiger partial charge in [-0.2, -0.15) is 5.10 Å². The Morgan fingerprint density at radius 2 is 1.85 bits per heavy atom. The first-order valence-corrected chi connectivity index (χ1v) is 13.4. The molecule has 9 nitrogen and oxygen atoms in total. The van der Waals surface area contributed by atoms with Gasteiger partial charge in [-0.25, -0.2) is 0 Å². The average Bonchev–Trinajstić information content (AvgIpc) is 3.40. The molecule has 1 aliphatic carbocycles. The molecule has 3 heterocycles. The number of rotatable bonds is 4. The molecule has 0 unspecified atom stereocenters. The summed E-state index contributed by atoms with van der Waals surface area (Å²) in [7, 11) is 1.69. The smallest absolute Gasteiger partial charge is 0.274 e. The average molecular weight is 526 g/mol. The summed E-state index contributed by atoms with van der Waals surface area (Å²) in [6, 6.07) is 15.2. The molecule has 0 atom stereocenters. The van der Waals surface area contributed by atoms with Gasteiger partial charge in [-0.3, -0.25) is 19.1 Å². The van der Waals surface area contributed by atoms with Crippen LogP contribution in [0, 0.1) is 0 Å². The maximum atomic E-state index is 13.9. The minimum absolute atomic E-state index is 0.0226. The summed E-state index contributed by atoms with van der Waals surface area (Å²) in [5, 5.41) is 13.0. The number of fused-ring (bicyclic) bond motifs is 3. The highest BCUT2D eigenvalue weighted by atomic mass is 16.5. The van der Waals surface area contributed by atoms with Crippen molar-refractivity contribution in [2.45, 2.75) is 43.9 Å². The summed E-state index contributed by atoms with van der Waals surface area (Å²) < 4.78 is 6.98. The summed E-state index contributed by atoms with van der Waals surface area (Å²) in [4.78, 5) is 40.1. The van der Waals surface area contributed by atoms with Crippen molar-refractivity contribution in [1.29, 1.82) is 0 Å². The lowest BCUT2D eigenvalue weighted by atomic mass is 9.75. The standard InChI is InChI=1S/C30H31N5O4/c1-35-25(12-15-31-35)27(36)34-26(22-9-5-3-7-19-6-2-4-8-21(19)22)28(37)32-20-10-11-23-24(18-20)33-29(38)30(23)13-16-39-17-14-30/h2,4,6,8,10-12,15,18H,3,5,7,9,13-14,16-17H2,1H3,(H,32,37)(H,33,38)(H,34,36). The molecule has 3 amide bonds. The van der Waals surface area contributed by atoms with Crippen LogP contribution in [-0.2, 0) is 33.2 Å². The number of carbonyl (C=O) groups is 3. The van der Waals surface area contributed by atoms with Gasteiger partial charge in [0, 0.05) is 37.8 Å². The van der Waals surface area contributed by atoms with Crippen LogP contribution in [0.4, 0.5) is 11.4 Å². The molecular formula is C30H31N5O4. The van der Waals surface area contributed by atoms with Gasteiger partial charge in [0.05, 0.1) is 5.41 Å². The highest BCUT2D eigenvalue weighted by molar-refractivity contribution is 6.13. The summed E-state index contributed by atoms with van der Waals surface area (Å²) in [6.07, 6.45) is 6.30. The second kappa shape index (κ2) is 10.1. The first-order chi connectivity index (χ1) is 19.0. The molecular weight excluding hydrogens is 494 g/mol. The SMILES string of the molecule is Cn1nccc1C(=O)NC(C(=O)Nc1ccc2c(c1)NC(=O)C21CCOCC1)=C1CCCCc2ccccc21. The molecule has 3 aromatic rings. The van der Waals surface area contributed by atoms with Gasteiger partial charge >= 0.3 is 0 Å². The summed E-state index contributed by atoms with van der Waals surface area (Å²) in [5.74, 6) is -0.843. The molecule has 200 valence electrons. The lowest BCUT2D eigenvalue weighted by Crippen LogP contribution is -2.39. The molecule has 1 fully saturated rings. The Morgan fingerprint density at radius 3 is 2.64 bits per heavy atom. The van der Waals surface area contributed by atoms with Crippen molar-refractivity contribution in [3.63, 3.8) is 0 Å². The van der Waals surface area contributed by atoms with E-state index in [0.717, 1.165) is 41.5 Å². The molecule has 39 heavy (non-hydrogen) atoms. The third-order valence-electron chi connectivity index (χ3n) is 8.11. The van der Waals surface area contributed by atoms with E-state index in [4.69, 9.17) is 4.74 Å². The molecule has 2 aromatic carbocycles. The van der Waals surface area contributed by atoms with Gasteiger partial charge in [0.15, 0.2) is 0 Å². The number of aromatic nitrogens is 2. The zero-order chi connectivity index (χ0) is 27.0. The van der Waals surface area contributed by atoms with Gasteiger partial charge < -0.3 is 20.7 Å². The Bertz CT molecular complexity index is 1500. The molecule has 3 N–H and O–H groups in total. The second-order valence-electron chi connectivity index (χ2n) is 10.4. The first-order valence-electron chi connectivity index (χ1n) is 13.4. The molecule has 3 aliphatic rings. The molecule has 2 aliphatic heterocycles. The van der Waals surface area contributed by atoms with Crippen LogP contribution in [0.25, 0.3) is 5.57 Å². The van der Waals surface area contributed by atoms with E-state index >= 15 is 0 Å². The molecule has 0 radical (unpaired) electrons. The monoisotopic (exact) mass is 525 g/mol. The van der Waals surface area contributed by atoms with Crippen molar-refractivity contribution < 1.29 is 19.1 Å². The van der Waals surface area contributed by atoms with Crippen LogP contribution in [0.2, 0.25) is 0 Å². The van der Waals surface area contributed by atoms with E-state index in [1.54, 1.807) is 25.4 Å². The van der Waals surface area contributed by atoms with Crippen molar-refractivity contribution in [2.75, 3.05) is 23.8 Å². The van der Waals surface area contributed by atoms with E-state index in [-0.39, 0.29) is 11.6 Å². The fraction of sp³-hybridized carbons (Fsp3) is 0.333. The lowest BCUT2D eigenvalue weighted by Gasteiger charge is -2.31. The topological polar surface area (TPSA) is 114 Å². The molecule has 1 spiro atoms. The Hall–Kier alpha value is -4.24. The van der Waals surface area contributed by atoms with Crippen LogP contribution in [0.5, 0.6) is 0 Å². The predicted molar refractivity (Wildman–Crippen MR) is 147 cm³/mol. The quantitative estimate of drug-likeness (QED) is 0.353. The van der Waals surface area contributed by atoms with Crippen molar-refractivity contribution in [3.8, 4) is 0 Å². The molecule has 0 bridgehead atoms. The Labute approximate surface area is 226 Å². The number of anilines is 2. The van der Waals surface area contributed by atoms with E-state index in [9.17, 15) is 14.4 Å². The van der Waals surface area contributed by atoms with Gasteiger partial charge in [-0.05, 0) is 79.0 Å². The van der Waals surface area contributed by atoms with Crippen LogP contribution in [0.3, 0.4) is 0 Å². The number of nitrogens with one attached hydrogen (secondary N) is 3. The van der Waals surface area contributed by atoms with E-state index in [1.807, 2.05) is 30.3 Å².